The highest BCUT2D eigenvalue weighted by atomic mass is 19.4. The second-order valence-corrected chi connectivity index (χ2v) is 4.50. The molecule has 4 nitrogen and oxygen atoms in total. The lowest BCUT2D eigenvalue weighted by Crippen LogP contribution is -2.05. The molecule has 108 valence electrons. The largest absolute Gasteiger partial charge is 0.416 e. The van der Waals surface area contributed by atoms with Gasteiger partial charge >= 0.3 is 6.18 Å². The van der Waals surface area contributed by atoms with Crippen LogP contribution in [0.4, 0.5) is 13.2 Å². The first-order chi connectivity index (χ1) is 9.99. The molecule has 2 heterocycles. The van der Waals surface area contributed by atoms with E-state index in [1.165, 1.54) is 16.8 Å². The van der Waals surface area contributed by atoms with Crippen molar-refractivity contribution in [2.75, 3.05) is 0 Å². The maximum atomic E-state index is 12.8. The van der Waals surface area contributed by atoms with Gasteiger partial charge in [0.2, 0.25) is 0 Å². The van der Waals surface area contributed by atoms with E-state index in [1.807, 2.05) is 6.92 Å². The number of hydrogen-bond acceptors (Lipinski definition) is 3. The van der Waals surface area contributed by atoms with E-state index in [4.69, 9.17) is 0 Å². The van der Waals surface area contributed by atoms with E-state index in [0.717, 1.165) is 12.1 Å². The van der Waals surface area contributed by atoms with Crippen molar-refractivity contribution < 1.29 is 13.2 Å². The van der Waals surface area contributed by atoms with E-state index < -0.39 is 11.7 Å². The summed E-state index contributed by atoms with van der Waals surface area (Å²) in [6.45, 7) is 1.90. The average Bonchev–Trinajstić information content (AvgIpc) is 2.89. The molecular formula is C14H11F3N4. The van der Waals surface area contributed by atoms with Gasteiger partial charge in [0.15, 0.2) is 5.82 Å². The van der Waals surface area contributed by atoms with E-state index in [0.29, 0.717) is 29.3 Å². The third kappa shape index (κ3) is 2.46. The van der Waals surface area contributed by atoms with Crippen molar-refractivity contribution >= 4 is 5.78 Å². The minimum atomic E-state index is -4.38. The molecule has 0 radical (unpaired) electrons. The fourth-order valence-electron chi connectivity index (χ4n) is 2.06. The van der Waals surface area contributed by atoms with Crippen LogP contribution in [-0.2, 0) is 12.6 Å². The Kier molecular flexibility index (Phi) is 3.12. The van der Waals surface area contributed by atoms with Crippen LogP contribution in [0.1, 0.15) is 18.3 Å². The van der Waals surface area contributed by atoms with Crippen molar-refractivity contribution in [3.05, 3.63) is 47.9 Å². The van der Waals surface area contributed by atoms with Crippen molar-refractivity contribution in [2.24, 2.45) is 0 Å². The number of alkyl halides is 3. The van der Waals surface area contributed by atoms with Crippen LogP contribution in [0.5, 0.6) is 0 Å². The molecule has 0 fully saturated rings. The molecule has 0 spiro atoms. The lowest BCUT2D eigenvalue weighted by Gasteiger charge is -2.09. The van der Waals surface area contributed by atoms with Crippen molar-refractivity contribution in [1.82, 2.24) is 19.6 Å². The molecule has 7 heteroatoms. The molecular weight excluding hydrogens is 281 g/mol. The third-order valence-electron chi connectivity index (χ3n) is 3.09. The van der Waals surface area contributed by atoms with Crippen LogP contribution in [0.2, 0.25) is 0 Å². The van der Waals surface area contributed by atoms with Gasteiger partial charge in [0.05, 0.1) is 11.3 Å². The lowest BCUT2D eigenvalue weighted by atomic mass is 10.1. The molecule has 1 aromatic carbocycles. The Bertz CT molecular complexity index is 792. The molecule has 2 aromatic heterocycles. The van der Waals surface area contributed by atoms with Crippen LogP contribution in [0.25, 0.3) is 17.0 Å². The molecule has 0 amide bonds. The normalized spacial score (nSPS) is 12.0. The summed E-state index contributed by atoms with van der Waals surface area (Å²) in [5, 5.41) is 4.26. The van der Waals surface area contributed by atoms with Crippen molar-refractivity contribution in [2.45, 2.75) is 19.5 Å². The number of fused-ring (bicyclic) bond motifs is 1. The molecule has 0 saturated heterocycles. The minimum Gasteiger partial charge on any atom is -0.220 e. The van der Waals surface area contributed by atoms with Crippen LogP contribution in [0, 0.1) is 0 Å². The quantitative estimate of drug-likeness (QED) is 0.727. The zero-order chi connectivity index (χ0) is 15.0. The second kappa shape index (κ2) is 4.83. The van der Waals surface area contributed by atoms with E-state index >= 15 is 0 Å². The molecule has 0 aliphatic carbocycles. The number of rotatable bonds is 2. The summed E-state index contributed by atoms with van der Waals surface area (Å²) in [7, 11) is 0. The first-order valence-electron chi connectivity index (χ1n) is 6.37. The maximum absolute atomic E-state index is 12.8. The van der Waals surface area contributed by atoms with Gasteiger partial charge in [-0.1, -0.05) is 19.1 Å². The van der Waals surface area contributed by atoms with E-state index in [2.05, 4.69) is 15.1 Å². The summed E-state index contributed by atoms with van der Waals surface area (Å²) in [5.41, 5.74) is 0.254. The number of hydrogen-bond donors (Lipinski definition) is 0. The fourth-order valence-corrected chi connectivity index (χ4v) is 2.06. The standard InChI is InChI=1S/C14H11F3N4/c1-2-12-19-13-18-7-6-11(21(13)20-12)9-4-3-5-10(8-9)14(15,16)17/h3-8H,2H2,1H3. The first-order valence-corrected chi connectivity index (χ1v) is 6.37. The molecule has 0 N–H and O–H groups in total. The molecule has 3 aromatic rings. The van der Waals surface area contributed by atoms with Crippen molar-refractivity contribution in [3.63, 3.8) is 0 Å². The molecule has 0 aliphatic heterocycles. The monoisotopic (exact) mass is 292 g/mol. The Morgan fingerprint density at radius 2 is 2.00 bits per heavy atom. The smallest absolute Gasteiger partial charge is 0.220 e. The highest BCUT2D eigenvalue weighted by Gasteiger charge is 2.30. The van der Waals surface area contributed by atoms with Gasteiger partial charge in [0.25, 0.3) is 5.78 Å². The summed E-state index contributed by atoms with van der Waals surface area (Å²) in [5.74, 6) is 0.976. The molecule has 0 bridgehead atoms. The maximum Gasteiger partial charge on any atom is 0.416 e. The number of aromatic nitrogens is 4. The van der Waals surface area contributed by atoms with Gasteiger partial charge in [0, 0.05) is 18.2 Å². The van der Waals surface area contributed by atoms with Gasteiger partial charge in [-0.15, -0.1) is 5.10 Å². The summed E-state index contributed by atoms with van der Waals surface area (Å²) in [6, 6.07) is 6.75. The molecule has 0 aliphatic rings. The van der Waals surface area contributed by atoms with Gasteiger partial charge in [0.1, 0.15) is 0 Å². The SMILES string of the molecule is CCc1nc2nccc(-c3cccc(C(F)(F)F)c3)n2n1. The zero-order valence-corrected chi connectivity index (χ0v) is 11.1. The Balaban J connectivity index is 2.18. The van der Waals surface area contributed by atoms with Crippen LogP contribution >= 0.6 is 0 Å². The minimum absolute atomic E-state index is 0.377. The molecule has 0 saturated carbocycles. The lowest BCUT2D eigenvalue weighted by molar-refractivity contribution is -0.137. The summed E-state index contributed by atoms with van der Waals surface area (Å²) in [4.78, 5) is 8.28. The highest BCUT2D eigenvalue weighted by molar-refractivity contribution is 5.62. The van der Waals surface area contributed by atoms with Gasteiger partial charge in [-0.3, -0.25) is 0 Å². The number of halogens is 3. The summed E-state index contributed by atoms with van der Waals surface area (Å²) >= 11 is 0. The topological polar surface area (TPSA) is 43.1 Å². The van der Waals surface area contributed by atoms with Crippen LogP contribution in [0.15, 0.2) is 36.5 Å². The van der Waals surface area contributed by atoms with Gasteiger partial charge in [-0.25, -0.2) is 4.98 Å². The van der Waals surface area contributed by atoms with Gasteiger partial charge in [-0.2, -0.15) is 22.7 Å². The van der Waals surface area contributed by atoms with E-state index in [9.17, 15) is 13.2 Å². The van der Waals surface area contributed by atoms with Crippen LogP contribution in [-0.4, -0.2) is 19.6 Å². The average molecular weight is 292 g/mol. The van der Waals surface area contributed by atoms with E-state index in [-0.39, 0.29) is 0 Å². The van der Waals surface area contributed by atoms with Crippen molar-refractivity contribution in [3.8, 4) is 11.3 Å². The summed E-state index contributed by atoms with van der Waals surface area (Å²) in [6.07, 6.45) is -2.23. The van der Waals surface area contributed by atoms with E-state index in [1.54, 1.807) is 12.1 Å². The Morgan fingerprint density at radius 1 is 1.19 bits per heavy atom. The van der Waals surface area contributed by atoms with Crippen LogP contribution in [0.3, 0.4) is 0 Å². The first kappa shape index (κ1) is 13.5. The predicted molar refractivity (Wildman–Crippen MR) is 70.6 cm³/mol. The molecule has 0 unspecified atom stereocenters. The highest BCUT2D eigenvalue weighted by Crippen LogP contribution is 2.32. The number of benzene rings is 1. The molecule has 0 atom stereocenters. The predicted octanol–water partition coefficient (Wildman–Crippen LogP) is 3.37. The summed E-state index contributed by atoms with van der Waals surface area (Å²) < 4.78 is 39.9. The Morgan fingerprint density at radius 3 is 2.71 bits per heavy atom. The van der Waals surface area contributed by atoms with Crippen molar-refractivity contribution in [1.29, 1.82) is 0 Å². The number of nitrogens with zero attached hydrogens (tertiary/aromatic N) is 4. The third-order valence-corrected chi connectivity index (χ3v) is 3.09. The number of aryl methyl sites for hydroxylation is 1. The fraction of sp³-hybridized carbons (Fsp3) is 0.214. The van der Waals surface area contributed by atoms with Crippen LogP contribution < -0.4 is 0 Å². The molecule has 21 heavy (non-hydrogen) atoms. The Labute approximate surface area is 118 Å². The molecule has 3 rings (SSSR count). The van der Waals surface area contributed by atoms with Gasteiger partial charge in [-0.05, 0) is 18.2 Å². The second-order valence-electron chi connectivity index (χ2n) is 4.50. The van der Waals surface area contributed by atoms with Gasteiger partial charge < -0.3 is 0 Å². The zero-order valence-electron chi connectivity index (χ0n) is 11.1. The Hall–Kier alpha value is -2.44.